The van der Waals surface area contributed by atoms with E-state index in [2.05, 4.69) is 10.3 Å². The van der Waals surface area contributed by atoms with Gasteiger partial charge in [0.2, 0.25) is 17.7 Å². The number of benzene rings is 3. The second-order valence-corrected chi connectivity index (χ2v) is 16.8. The summed E-state index contributed by atoms with van der Waals surface area (Å²) >= 11 is 0. The van der Waals surface area contributed by atoms with Crippen LogP contribution in [0.25, 0.3) is 27.6 Å². The number of amides is 4. The Morgan fingerprint density at radius 3 is 2.26 bits per heavy atom. The number of likely N-dealkylation sites (tertiary alicyclic amines) is 1. The molecule has 1 unspecified atom stereocenters. The van der Waals surface area contributed by atoms with Crippen molar-refractivity contribution >= 4 is 45.8 Å². The highest BCUT2D eigenvalue weighted by Gasteiger charge is 2.48. The third-order valence-electron chi connectivity index (χ3n) is 12.8. The number of carbonyl (C=O) groups is 4. The first-order valence-corrected chi connectivity index (χ1v) is 20.5. The Bertz CT molecular complexity index is 2480. The van der Waals surface area contributed by atoms with Gasteiger partial charge >= 0.3 is 0 Å². The minimum Gasteiger partial charge on any atom is -0.369 e. The molecule has 0 aliphatic carbocycles. The molecule has 0 spiro atoms. The van der Waals surface area contributed by atoms with E-state index in [-0.39, 0.29) is 77.1 Å². The van der Waals surface area contributed by atoms with E-state index in [0.29, 0.717) is 62.1 Å². The highest BCUT2D eigenvalue weighted by atomic mass is 19.3. The predicted molar refractivity (Wildman–Crippen MR) is 217 cm³/mol. The van der Waals surface area contributed by atoms with Gasteiger partial charge in [0.25, 0.3) is 11.8 Å². The Morgan fingerprint density at radius 1 is 0.836 bits per heavy atom. The van der Waals surface area contributed by atoms with Gasteiger partial charge in [-0.2, -0.15) is 0 Å². The van der Waals surface area contributed by atoms with Crippen LogP contribution >= 0.6 is 0 Å². The van der Waals surface area contributed by atoms with Crippen LogP contribution in [-0.2, 0) is 14.4 Å². The molecule has 3 aromatic carbocycles. The fourth-order valence-corrected chi connectivity index (χ4v) is 9.46. The molecule has 322 valence electrons. The van der Waals surface area contributed by atoms with Crippen molar-refractivity contribution in [3.63, 3.8) is 0 Å². The summed E-state index contributed by atoms with van der Waals surface area (Å²) in [7, 11) is 3.02. The molecule has 1 aromatic heterocycles. The van der Waals surface area contributed by atoms with E-state index in [0.717, 1.165) is 6.07 Å². The standard InChI is InChI=1S/C45H46F6N6O4/c1-24(58)56-15-4-5-26(22-56)31-20-32(33-21-36(44(61)54(2)3)52-42(33)41(31)49)29-7-8-30(40(48)39(29)47)34-14-18-57(23-45(34,50)51)27-12-16-55(17-13-27)37-10-6-25(19-35(37)46)28-9-11-38(59)53-43(28)60/h5-8,10,19-21,27-28,34,52H,4,9,11-18,22-23H2,1-3H3,(H,53,59,60)/t28?,34-/m1/s1. The lowest BCUT2D eigenvalue weighted by Crippen LogP contribution is -2.54. The van der Waals surface area contributed by atoms with E-state index in [1.807, 2.05) is 4.90 Å². The quantitative estimate of drug-likeness (QED) is 0.149. The predicted octanol–water partition coefficient (Wildman–Crippen LogP) is 7.34. The van der Waals surface area contributed by atoms with Gasteiger partial charge in [0, 0.05) is 81.7 Å². The van der Waals surface area contributed by atoms with Gasteiger partial charge < -0.3 is 19.7 Å². The van der Waals surface area contributed by atoms with Gasteiger partial charge in [-0.15, -0.1) is 0 Å². The number of rotatable bonds is 7. The summed E-state index contributed by atoms with van der Waals surface area (Å²) < 4.78 is 96.6. The van der Waals surface area contributed by atoms with Gasteiger partial charge in [-0.25, -0.2) is 26.3 Å². The van der Waals surface area contributed by atoms with Crippen LogP contribution in [0, 0.1) is 23.3 Å². The molecule has 0 radical (unpaired) electrons. The number of anilines is 1. The average molecular weight is 849 g/mol. The van der Waals surface area contributed by atoms with Gasteiger partial charge in [0.1, 0.15) is 11.5 Å². The molecule has 3 saturated heterocycles. The average Bonchev–Trinajstić information content (AvgIpc) is 3.68. The number of piperidine rings is 3. The first-order valence-electron chi connectivity index (χ1n) is 20.5. The Kier molecular flexibility index (Phi) is 11.3. The third kappa shape index (κ3) is 7.90. The number of imide groups is 1. The zero-order valence-electron chi connectivity index (χ0n) is 34.0. The molecule has 61 heavy (non-hydrogen) atoms. The number of alkyl halides is 2. The normalized spacial score (nSPS) is 21.4. The van der Waals surface area contributed by atoms with E-state index >= 15 is 26.3 Å². The van der Waals surface area contributed by atoms with Crippen LogP contribution in [0.3, 0.4) is 0 Å². The molecule has 0 bridgehead atoms. The van der Waals surface area contributed by atoms with E-state index in [4.69, 9.17) is 0 Å². The largest absolute Gasteiger partial charge is 0.369 e. The zero-order chi connectivity index (χ0) is 43.5. The number of hydrogen-bond donors (Lipinski definition) is 2. The summed E-state index contributed by atoms with van der Waals surface area (Å²) in [5.74, 6) is -11.3. The lowest BCUT2D eigenvalue weighted by molar-refractivity contribution is -0.134. The summed E-state index contributed by atoms with van der Waals surface area (Å²) in [6.45, 7) is 2.20. The number of carbonyl (C=O) groups excluding carboxylic acids is 4. The van der Waals surface area contributed by atoms with Crippen LogP contribution in [0.2, 0.25) is 0 Å². The zero-order valence-corrected chi connectivity index (χ0v) is 34.0. The Balaban J connectivity index is 1.00. The van der Waals surface area contributed by atoms with Gasteiger partial charge in [-0.3, -0.25) is 29.4 Å². The number of fused-ring (bicyclic) bond motifs is 1. The minimum atomic E-state index is -3.43. The number of aromatic amines is 1. The molecular weight excluding hydrogens is 803 g/mol. The van der Waals surface area contributed by atoms with Crippen LogP contribution in [0.15, 0.2) is 48.5 Å². The van der Waals surface area contributed by atoms with E-state index < -0.39 is 64.9 Å². The van der Waals surface area contributed by atoms with Crippen LogP contribution in [0.5, 0.6) is 0 Å². The lowest BCUT2D eigenvalue weighted by atomic mass is 9.83. The van der Waals surface area contributed by atoms with E-state index in [1.165, 1.54) is 55.1 Å². The molecule has 4 aromatic rings. The van der Waals surface area contributed by atoms with Crippen molar-refractivity contribution in [1.29, 1.82) is 0 Å². The summed E-state index contributed by atoms with van der Waals surface area (Å²) in [5.41, 5.74) is 0.430. The maximum absolute atomic E-state index is 16.4. The van der Waals surface area contributed by atoms with Crippen LogP contribution in [0.1, 0.15) is 84.5 Å². The molecule has 16 heteroatoms. The number of aromatic nitrogens is 1. The molecule has 2 atom stereocenters. The van der Waals surface area contributed by atoms with Crippen molar-refractivity contribution in [3.8, 4) is 11.1 Å². The Hall–Kier alpha value is -5.64. The maximum Gasteiger partial charge on any atom is 0.269 e. The second-order valence-electron chi connectivity index (χ2n) is 16.8. The molecule has 8 rings (SSSR count). The van der Waals surface area contributed by atoms with Crippen LogP contribution in [-0.4, -0.2) is 109 Å². The SMILES string of the molecule is CC(=O)N1CCC=C(c2cc(-c3ccc([C@H]4CCN(C5CCN(c6ccc(C7CCC(=O)NC7=O)cc6F)CC5)CC4(F)F)c(F)c3F)c3cc(C(=O)N(C)C)[nH]c3c2F)C1. The third-order valence-corrected chi connectivity index (χ3v) is 12.8. The van der Waals surface area contributed by atoms with E-state index in [9.17, 15) is 19.2 Å². The molecule has 4 aliphatic rings. The maximum atomic E-state index is 16.4. The van der Waals surface area contributed by atoms with Crippen molar-refractivity contribution in [2.75, 3.05) is 58.3 Å². The van der Waals surface area contributed by atoms with Crippen molar-refractivity contribution in [2.45, 2.75) is 69.2 Å². The number of H-pyrrole nitrogens is 1. The highest BCUT2D eigenvalue weighted by molar-refractivity contribution is 6.05. The van der Waals surface area contributed by atoms with Gasteiger partial charge in [0.05, 0.1) is 29.6 Å². The monoisotopic (exact) mass is 848 g/mol. The van der Waals surface area contributed by atoms with Crippen molar-refractivity contribution < 1.29 is 45.5 Å². The minimum absolute atomic E-state index is 0.00251. The Morgan fingerprint density at radius 2 is 1.59 bits per heavy atom. The first kappa shape index (κ1) is 42.1. The topological polar surface area (TPSA) is 109 Å². The van der Waals surface area contributed by atoms with Crippen LogP contribution in [0.4, 0.5) is 32.0 Å². The van der Waals surface area contributed by atoms with Gasteiger partial charge in [-0.1, -0.05) is 24.3 Å². The van der Waals surface area contributed by atoms with E-state index in [1.54, 1.807) is 23.1 Å². The number of nitrogens with one attached hydrogen (secondary N) is 2. The molecule has 0 saturated carbocycles. The summed E-state index contributed by atoms with van der Waals surface area (Å²) in [6, 6.07) is 9.42. The smallest absolute Gasteiger partial charge is 0.269 e. The summed E-state index contributed by atoms with van der Waals surface area (Å²) in [6.07, 6.45) is 3.44. The van der Waals surface area contributed by atoms with Crippen LogP contribution < -0.4 is 10.2 Å². The molecule has 4 aliphatic heterocycles. The van der Waals surface area contributed by atoms with Crippen molar-refractivity contribution in [1.82, 2.24) is 25.0 Å². The highest BCUT2D eigenvalue weighted by Crippen LogP contribution is 2.45. The molecule has 10 nitrogen and oxygen atoms in total. The fourth-order valence-electron chi connectivity index (χ4n) is 9.46. The molecule has 3 fully saturated rings. The first-order chi connectivity index (χ1) is 29.0. The second kappa shape index (κ2) is 16.3. The number of nitrogens with zero attached hydrogens (tertiary/aromatic N) is 4. The number of hydrogen-bond acceptors (Lipinski definition) is 6. The molecule has 2 N–H and O–H groups in total. The van der Waals surface area contributed by atoms with Gasteiger partial charge in [0.15, 0.2) is 17.5 Å². The van der Waals surface area contributed by atoms with Crippen molar-refractivity contribution in [3.05, 3.63) is 94.2 Å². The molecule has 4 amide bonds. The molecular formula is C45H46F6N6O4. The number of halogens is 6. The lowest BCUT2D eigenvalue weighted by Gasteiger charge is -2.45. The Labute approximate surface area is 348 Å². The summed E-state index contributed by atoms with van der Waals surface area (Å²) in [4.78, 5) is 58.1. The van der Waals surface area contributed by atoms with Gasteiger partial charge in [-0.05, 0) is 79.6 Å². The molecule has 5 heterocycles. The fraction of sp³-hybridized carbons (Fsp3) is 0.422. The van der Waals surface area contributed by atoms with Crippen molar-refractivity contribution in [2.24, 2.45) is 0 Å². The summed E-state index contributed by atoms with van der Waals surface area (Å²) in [5, 5.41) is 2.38.